The lowest BCUT2D eigenvalue weighted by molar-refractivity contribution is -0.386. The number of nitro groups is 1. The molecule has 1 aromatic carbocycles. The highest BCUT2D eigenvalue weighted by molar-refractivity contribution is 9.10. The Bertz CT molecular complexity index is 436. The molecule has 0 spiro atoms. The van der Waals surface area contributed by atoms with Gasteiger partial charge in [-0.05, 0) is 28.9 Å². The molecule has 8 heteroatoms. The van der Waals surface area contributed by atoms with Crippen molar-refractivity contribution in [2.75, 3.05) is 0 Å². The SMILES string of the molecule is CC(Oc1c(Br)cccc1[N+](=O)[O-])C(F)(F)F. The normalized spacial score (nSPS) is 13.2. The maximum atomic E-state index is 12.3. The van der Waals surface area contributed by atoms with Crippen molar-refractivity contribution in [3.63, 3.8) is 0 Å². The van der Waals surface area contributed by atoms with Crippen LogP contribution in [0.25, 0.3) is 0 Å². The molecular weight excluding hydrogens is 307 g/mol. The summed E-state index contributed by atoms with van der Waals surface area (Å²) in [6.07, 6.45) is -6.71. The van der Waals surface area contributed by atoms with Crippen LogP contribution in [0.3, 0.4) is 0 Å². The van der Waals surface area contributed by atoms with Crippen LogP contribution in [0.1, 0.15) is 6.92 Å². The molecule has 0 saturated heterocycles. The molecule has 17 heavy (non-hydrogen) atoms. The van der Waals surface area contributed by atoms with E-state index in [1.165, 1.54) is 12.1 Å². The highest BCUT2D eigenvalue weighted by Gasteiger charge is 2.39. The Hall–Kier alpha value is -1.31. The second-order valence-corrected chi connectivity index (χ2v) is 4.00. The fourth-order valence-electron chi connectivity index (χ4n) is 1.00. The number of hydrogen-bond acceptors (Lipinski definition) is 3. The first-order valence-corrected chi connectivity index (χ1v) is 5.19. The topological polar surface area (TPSA) is 52.4 Å². The maximum Gasteiger partial charge on any atom is 0.425 e. The molecule has 0 radical (unpaired) electrons. The highest BCUT2D eigenvalue weighted by Crippen LogP contribution is 2.37. The minimum atomic E-state index is -4.58. The maximum absolute atomic E-state index is 12.3. The largest absolute Gasteiger partial charge is 0.473 e. The number of para-hydroxylation sites is 1. The van der Waals surface area contributed by atoms with Gasteiger partial charge in [0, 0.05) is 6.07 Å². The molecule has 0 heterocycles. The average molecular weight is 314 g/mol. The van der Waals surface area contributed by atoms with Crippen LogP contribution in [0.5, 0.6) is 5.75 Å². The van der Waals surface area contributed by atoms with Crippen molar-refractivity contribution >= 4 is 21.6 Å². The van der Waals surface area contributed by atoms with Crippen LogP contribution in [0.15, 0.2) is 22.7 Å². The number of hydrogen-bond donors (Lipinski definition) is 0. The summed E-state index contributed by atoms with van der Waals surface area (Å²) in [4.78, 5) is 9.83. The van der Waals surface area contributed by atoms with Crippen LogP contribution in [-0.4, -0.2) is 17.2 Å². The van der Waals surface area contributed by atoms with Gasteiger partial charge in [-0.3, -0.25) is 10.1 Å². The first kappa shape index (κ1) is 13.8. The van der Waals surface area contributed by atoms with Crippen LogP contribution >= 0.6 is 15.9 Å². The third-order valence-electron chi connectivity index (χ3n) is 1.90. The van der Waals surface area contributed by atoms with Gasteiger partial charge in [0.25, 0.3) is 0 Å². The molecule has 0 amide bonds. The monoisotopic (exact) mass is 313 g/mol. The summed E-state index contributed by atoms with van der Waals surface area (Å²) in [5, 5.41) is 10.6. The number of alkyl halides is 3. The Morgan fingerprint density at radius 1 is 1.47 bits per heavy atom. The van der Waals surface area contributed by atoms with Gasteiger partial charge in [0.2, 0.25) is 5.75 Å². The van der Waals surface area contributed by atoms with Crippen molar-refractivity contribution in [2.45, 2.75) is 19.2 Å². The molecule has 1 rings (SSSR count). The Kier molecular flexibility index (Phi) is 3.97. The van der Waals surface area contributed by atoms with E-state index in [9.17, 15) is 23.3 Å². The summed E-state index contributed by atoms with van der Waals surface area (Å²) in [5.74, 6) is -0.428. The molecule has 0 saturated carbocycles. The fraction of sp³-hybridized carbons (Fsp3) is 0.333. The van der Waals surface area contributed by atoms with Crippen molar-refractivity contribution in [3.05, 3.63) is 32.8 Å². The van der Waals surface area contributed by atoms with Crippen LogP contribution in [0.2, 0.25) is 0 Å². The van der Waals surface area contributed by atoms with Crippen molar-refractivity contribution in [3.8, 4) is 5.75 Å². The molecule has 0 bridgehead atoms. The van der Waals surface area contributed by atoms with E-state index in [0.29, 0.717) is 0 Å². The van der Waals surface area contributed by atoms with Crippen LogP contribution in [0.4, 0.5) is 18.9 Å². The molecule has 0 aliphatic heterocycles. The standard InChI is InChI=1S/C9H7BrF3NO3/c1-5(9(11,12)13)17-8-6(10)3-2-4-7(8)14(15)16/h2-5H,1H3. The molecule has 1 unspecified atom stereocenters. The molecule has 0 aromatic heterocycles. The third-order valence-corrected chi connectivity index (χ3v) is 2.52. The minimum absolute atomic E-state index is 0.0998. The van der Waals surface area contributed by atoms with Crippen LogP contribution in [-0.2, 0) is 0 Å². The Labute approximate surface area is 103 Å². The molecule has 4 nitrogen and oxygen atoms in total. The van der Waals surface area contributed by atoms with Gasteiger partial charge in [0.05, 0.1) is 9.40 Å². The lowest BCUT2D eigenvalue weighted by Crippen LogP contribution is -2.31. The summed E-state index contributed by atoms with van der Waals surface area (Å²) in [7, 11) is 0. The Morgan fingerprint density at radius 2 is 2.06 bits per heavy atom. The molecular formula is C9H7BrF3NO3. The molecule has 0 N–H and O–H groups in total. The molecule has 0 aliphatic carbocycles. The fourth-order valence-corrected chi connectivity index (χ4v) is 1.45. The van der Waals surface area contributed by atoms with Gasteiger partial charge in [-0.15, -0.1) is 0 Å². The number of ether oxygens (including phenoxy) is 1. The number of nitro benzene ring substituents is 1. The van der Waals surface area contributed by atoms with Gasteiger partial charge in [-0.1, -0.05) is 6.07 Å². The van der Waals surface area contributed by atoms with E-state index in [2.05, 4.69) is 20.7 Å². The van der Waals surface area contributed by atoms with Gasteiger partial charge in [0.1, 0.15) is 0 Å². The van der Waals surface area contributed by atoms with Gasteiger partial charge in [-0.2, -0.15) is 13.2 Å². The summed E-state index contributed by atoms with van der Waals surface area (Å²) in [6, 6.07) is 3.78. The molecule has 1 atom stereocenters. The van der Waals surface area contributed by atoms with Gasteiger partial charge >= 0.3 is 11.9 Å². The van der Waals surface area contributed by atoms with E-state index in [0.717, 1.165) is 13.0 Å². The molecule has 1 aromatic rings. The van der Waals surface area contributed by atoms with E-state index in [1.807, 2.05) is 0 Å². The average Bonchev–Trinajstić information content (AvgIpc) is 2.18. The van der Waals surface area contributed by atoms with E-state index in [4.69, 9.17) is 0 Å². The van der Waals surface area contributed by atoms with E-state index in [-0.39, 0.29) is 4.47 Å². The summed E-state index contributed by atoms with van der Waals surface area (Å²) < 4.78 is 41.6. The zero-order valence-electron chi connectivity index (χ0n) is 8.49. The number of benzene rings is 1. The van der Waals surface area contributed by atoms with E-state index < -0.39 is 28.6 Å². The summed E-state index contributed by atoms with van der Waals surface area (Å²) in [5.41, 5.74) is -0.518. The zero-order valence-corrected chi connectivity index (χ0v) is 10.1. The van der Waals surface area contributed by atoms with E-state index in [1.54, 1.807) is 0 Å². The van der Waals surface area contributed by atoms with Crippen molar-refractivity contribution in [2.24, 2.45) is 0 Å². The van der Waals surface area contributed by atoms with Gasteiger partial charge in [0.15, 0.2) is 6.10 Å². The number of nitrogens with zero attached hydrogens (tertiary/aromatic N) is 1. The smallest absolute Gasteiger partial charge is 0.425 e. The molecule has 0 aliphatic rings. The summed E-state index contributed by atoms with van der Waals surface area (Å²) in [6.45, 7) is 0.781. The second kappa shape index (κ2) is 4.91. The quantitative estimate of drug-likeness (QED) is 0.631. The Balaban J connectivity index is 3.09. The zero-order chi connectivity index (χ0) is 13.2. The second-order valence-electron chi connectivity index (χ2n) is 3.15. The predicted octanol–water partition coefficient (Wildman–Crippen LogP) is 3.69. The number of rotatable bonds is 3. The van der Waals surface area contributed by atoms with Crippen molar-refractivity contribution in [1.29, 1.82) is 0 Å². The first-order valence-electron chi connectivity index (χ1n) is 4.39. The first-order chi connectivity index (χ1) is 7.73. The van der Waals surface area contributed by atoms with Crippen molar-refractivity contribution < 1.29 is 22.8 Å². The van der Waals surface area contributed by atoms with Crippen molar-refractivity contribution in [1.82, 2.24) is 0 Å². The molecule has 94 valence electrons. The minimum Gasteiger partial charge on any atom is -0.473 e. The molecule has 0 fully saturated rings. The van der Waals surface area contributed by atoms with Crippen LogP contribution < -0.4 is 4.74 Å². The number of halogens is 4. The van der Waals surface area contributed by atoms with Crippen LogP contribution in [0, 0.1) is 10.1 Å². The van der Waals surface area contributed by atoms with Gasteiger partial charge < -0.3 is 4.74 Å². The van der Waals surface area contributed by atoms with Gasteiger partial charge in [-0.25, -0.2) is 0 Å². The van der Waals surface area contributed by atoms with E-state index >= 15 is 0 Å². The predicted molar refractivity (Wildman–Crippen MR) is 56.9 cm³/mol. The highest BCUT2D eigenvalue weighted by atomic mass is 79.9. The lowest BCUT2D eigenvalue weighted by Gasteiger charge is -2.18. The third kappa shape index (κ3) is 3.32. The summed E-state index contributed by atoms with van der Waals surface area (Å²) >= 11 is 2.91. The Morgan fingerprint density at radius 3 is 2.53 bits per heavy atom. The lowest BCUT2D eigenvalue weighted by atomic mass is 10.3.